The van der Waals surface area contributed by atoms with Crippen LogP contribution >= 0.6 is 24.8 Å². The Morgan fingerprint density at radius 2 is 1.70 bits per heavy atom. The number of rotatable bonds is 4. The van der Waals surface area contributed by atoms with E-state index in [1.54, 1.807) is 4.90 Å². The van der Waals surface area contributed by atoms with Crippen LogP contribution in [0.1, 0.15) is 24.4 Å². The van der Waals surface area contributed by atoms with Crippen LogP contribution in [0.3, 0.4) is 0 Å². The summed E-state index contributed by atoms with van der Waals surface area (Å²) in [5.41, 5.74) is 0.00106. The van der Waals surface area contributed by atoms with Gasteiger partial charge in [-0.15, -0.1) is 24.8 Å². The van der Waals surface area contributed by atoms with Crippen LogP contribution in [0.15, 0.2) is 18.2 Å². The first-order chi connectivity index (χ1) is 9.87. The summed E-state index contributed by atoms with van der Waals surface area (Å²) in [6.07, 6.45) is -5.60. The lowest BCUT2D eigenvalue weighted by molar-refractivity contribution is -0.138. The largest absolute Gasteiger partial charge is 0.389 e. The van der Waals surface area contributed by atoms with E-state index in [2.05, 4.69) is 5.32 Å². The molecule has 0 aliphatic carbocycles. The van der Waals surface area contributed by atoms with Crippen LogP contribution in [0.4, 0.5) is 22.0 Å². The minimum absolute atomic E-state index is 0. The zero-order chi connectivity index (χ0) is 15.5. The van der Waals surface area contributed by atoms with Gasteiger partial charge in [-0.25, -0.2) is 8.78 Å². The van der Waals surface area contributed by atoms with Crippen molar-refractivity contribution in [3.05, 3.63) is 35.4 Å². The second kappa shape index (κ2) is 9.61. The second-order valence-corrected chi connectivity index (χ2v) is 5.12. The third kappa shape index (κ3) is 6.79. The van der Waals surface area contributed by atoms with Crippen LogP contribution < -0.4 is 5.32 Å². The van der Waals surface area contributed by atoms with Gasteiger partial charge in [0.2, 0.25) is 0 Å². The molecule has 0 spiro atoms. The molecule has 0 amide bonds. The molecule has 0 unspecified atom stereocenters. The smallest absolute Gasteiger partial charge is 0.314 e. The molecule has 1 N–H and O–H groups in total. The van der Waals surface area contributed by atoms with Crippen LogP contribution in [-0.2, 0) is 0 Å². The van der Waals surface area contributed by atoms with Gasteiger partial charge in [0.15, 0.2) is 0 Å². The Morgan fingerprint density at radius 3 is 2.26 bits per heavy atom. The summed E-state index contributed by atoms with van der Waals surface area (Å²) in [7, 11) is 0. The third-order valence-corrected chi connectivity index (χ3v) is 3.61. The van der Waals surface area contributed by atoms with E-state index in [9.17, 15) is 22.0 Å². The number of piperazine rings is 1. The van der Waals surface area contributed by atoms with Gasteiger partial charge in [-0.2, -0.15) is 13.2 Å². The lowest BCUT2D eigenvalue weighted by Gasteiger charge is -2.35. The van der Waals surface area contributed by atoms with Gasteiger partial charge >= 0.3 is 6.18 Å². The van der Waals surface area contributed by atoms with E-state index in [0.717, 1.165) is 18.2 Å². The first-order valence-corrected chi connectivity index (χ1v) is 6.83. The number of nitrogens with one attached hydrogen (secondary N) is 1. The van der Waals surface area contributed by atoms with Gasteiger partial charge in [0.1, 0.15) is 11.6 Å². The van der Waals surface area contributed by atoms with E-state index in [0.29, 0.717) is 26.2 Å². The van der Waals surface area contributed by atoms with Crippen LogP contribution in [0.5, 0.6) is 0 Å². The first-order valence-electron chi connectivity index (χ1n) is 6.83. The van der Waals surface area contributed by atoms with Gasteiger partial charge in [0.25, 0.3) is 0 Å². The number of alkyl halides is 3. The average molecular weight is 381 g/mol. The molecule has 0 aromatic heterocycles. The van der Waals surface area contributed by atoms with Crippen LogP contribution in [0.25, 0.3) is 0 Å². The standard InChI is InChI=1S/C14H17F5N2.2ClH/c15-10-1-2-12(16)11(9-10)13(3-4-14(17,18)19)21-7-5-20-6-8-21;;/h1-2,9,13,20H,3-8H2;2*1H/t13-;;/m0../s1. The van der Waals surface area contributed by atoms with Crippen molar-refractivity contribution in [1.29, 1.82) is 0 Å². The molecule has 1 aliphatic rings. The predicted molar refractivity (Wildman–Crippen MR) is 83.3 cm³/mol. The SMILES string of the molecule is Cl.Cl.Fc1ccc(F)c([C@H](CCC(F)(F)F)N2CCNCC2)c1. The summed E-state index contributed by atoms with van der Waals surface area (Å²) >= 11 is 0. The lowest BCUT2D eigenvalue weighted by atomic mass is 9.98. The van der Waals surface area contributed by atoms with Crippen molar-refractivity contribution in [1.82, 2.24) is 10.2 Å². The molecule has 1 atom stereocenters. The molecule has 9 heteroatoms. The van der Waals surface area contributed by atoms with E-state index in [-0.39, 0.29) is 36.8 Å². The molecule has 1 heterocycles. The fraction of sp³-hybridized carbons (Fsp3) is 0.571. The highest BCUT2D eigenvalue weighted by Crippen LogP contribution is 2.33. The molecule has 1 aromatic rings. The molecular weight excluding hydrogens is 362 g/mol. The number of benzene rings is 1. The van der Waals surface area contributed by atoms with E-state index in [1.165, 1.54) is 0 Å². The van der Waals surface area contributed by atoms with Crippen LogP contribution in [0.2, 0.25) is 0 Å². The highest BCUT2D eigenvalue weighted by atomic mass is 35.5. The number of halogens is 7. The molecule has 1 aliphatic heterocycles. The summed E-state index contributed by atoms with van der Waals surface area (Å²) in [5, 5.41) is 3.09. The highest BCUT2D eigenvalue weighted by molar-refractivity contribution is 5.85. The van der Waals surface area contributed by atoms with Crippen LogP contribution in [-0.4, -0.2) is 37.3 Å². The van der Waals surface area contributed by atoms with Crippen molar-refractivity contribution in [2.45, 2.75) is 25.1 Å². The molecule has 1 saturated heterocycles. The molecule has 1 fully saturated rings. The van der Waals surface area contributed by atoms with Crippen molar-refractivity contribution in [2.75, 3.05) is 26.2 Å². The lowest BCUT2D eigenvalue weighted by Crippen LogP contribution is -2.45. The van der Waals surface area contributed by atoms with Crippen molar-refractivity contribution in [3.8, 4) is 0 Å². The summed E-state index contributed by atoms with van der Waals surface area (Å²) in [5.74, 6) is -1.30. The van der Waals surface area contributed by atoms with Crippen molar-refractivity contribution in [3.63, 3.8) is 0 Å². The van der Waals surface area contributed by atoms with Gasteiger partial charge in [0, 0.05) is 44.2 Å². The van der Waals surface area contributed by atoms with Gasteiger partial charge in [-0.1, -0.05) is 0 Å². The van der Waals surface area contributed by atoms with Gasteiger partial charge in [-0.05, 0) is 24.6 Å². The fourth-order valence-corrected chi connectivity index (χ4v) is 2.60. The zero-order valence-corrected chi connectivity index (χ0v) is 13.8. The maximum atomic E-state index is 13.9. The van der Waals surface area contributed by atoms with Crippen LogP contribution in [0, 0.1) is 11.6 Å². The molecular formula is C14H19Cl2F5N2. The minimum Gasteiger partial charge on any atom is -0.314 e. The van der Waals surface area contributed by atoms with Crippen molar-refractivity contribution >= 4 is 24.8 Å². The molecule has 0 bridgehead atoms. The minimum atomic E-state index is -4.31. The molecule has 2 nitrogen and oxygen atoms in total. The summed E-state index contributed by atoms with van der Waals surface area (Å²) in [4.78, 5) is 1.78. The van der Waals surface area contributed by atoms with Crippen molar-refractivity contribution < 1.29 is 22.0 Å². The van der Waals surface area contributed by atoms with E-state index < -0.39 is 30.3 Å². The Hall–Kier alpha value is -0.630. The zero-order valence-electron chi connectivity index (χ0n) is 12.2. The Labute approximate surface area is 144 Å². The number of nitrogens with zero attached hydrogens (tertiary/aromatic N) is 1. The van der Waals surface area contributed by atoms with Gasteiger partial charge < -0.3 is 5.32 Å². The number of hydrogen-bond donors (Lipinski definition) is 1. The Morgan fingerprint density at radius 1 is 1.09 bits per heavy atom. The maximum Gasteiger partial charge on any atom is 0.389 e. The molecule has 2 rings (SSSR count). The van der Waals surface area contributed by atoms with Crippen molar-refractivity contribution in [2.24, 2.45) is 0 Å². The average Bonchev–Trinajstić information content (AvgIpc) is 2.43. The molecule has 23 heavy (non-hydrogen) atoms. The normalized spacial score (nSPS) is 17.1. The quantitative estimate of drug-likeness (QED) is 0.791. The fourth-order valence-electron chi connectivity index (χ4n) is 2.60. The Bertz CT molecular complexity index is 479. The monoisotopic (exact) mass is 380 g/mol. The molecule has 0 radical (unpaired) electrons. The molecule has 134 valence electrons. The predicted octanol–water partition coefficient (Wildman–Crippen LogP) is 4.10. The topological polar surface area (TPSA) is 15.3 Å². The van der Waals surface area contributed by atoms with E-state index >= 15 is 0 Å². The maximum absolute atomic E-state index is 13.9. The van der Waals surface area contributed by atoms with E-state index in [1.807, 2.05) is 0 Å². The van der Waals surface area contributed by atoms with Gasteiger partial charge in [0.05, 0.1) is 0 Å². The summed E-state index contributed by atoms with van der Waals surface area (Å²) in [6.45, 7) is 2.27. The molecule has 1 aromatic carbocycles. The third-order valence-electron chi connectivity index (χ3n) is 3.61. The Kier molecular flexibility index (Phi) is 9.35. The van der Waals surface area contributed by atoms with Gasteiger partial charge in [-0.3, -0.25) is 4.90 Å². The Balaban J connectivity index is 0.00000242. The van der Waals surface area contributed by atoms with E-state index in [4.69, 9.17) is 0 Å². The second-order valence-electron chi connectivity index (χ2n) is 5.12. The first kappa shape index (κ1) is 22.4. The number of hydrogen-bond acceptors (Lipinski definition) is 2. The molecule has 0 saturated carbocycles. The summed E-state index contributed by atoms with van der Waals surface area (Å²) in [6, 6.07) is 2.17. The summed E-state index contributed by atoms with van der Waals surface area (Å²) < 4.78 is 64.7. The highest BCUT2D eigenvalue weighted by Gasteiger charge is 2.32.